The van der Waals surface area contributed by atoms with Crippen molar-refractivity contribution in [1.29, 1.82) is 0 Å². The summed E-state index contributed by atoms with van der Waals surface area (Å²) in [6, 6.07) is 1.61. The summed E-state index contributed by atoms with van der Waals surface area (Å²) in [5.41, 5.74) is -1.09. The first-order chi connectivity index (χ1) is 5.06. The lowest BCUT2D eigenvalue weighted by molar-refractivity contribution is -0.123. The van der Waals surface area contributed by atoms with Crippen molar-refractivity contribution in [3.8, 4) is 0 Å². The molecule has 0 aliphatic carbocycles. The molecular formula is C7H10N2O2. The number of nitrogens with zero attached hydrogens (tertiary/aromatic N) is 2. The van der Waals surface area contributed by atoms with E-state index in [0.717, 1.165) is 0 Å². The molecule has 0 aliphatic rings. The minimum Gasteiger partial charge on any atom is -0.376 e. The number of hydrogen-bond donors (Lipinski definition) is 1. The Morgan fingerprint density at radius 2 is 2.45 bits per heavy atom. The topological polar surface area (TPSA) is 55.1 Å². The molecule has 0 saturated heterocycles. The van der Waals surface area contributed by atoms with Gasteiger partial charge in [0, 0.05) is 13.2 Å². The van der Waals surface area contributed by atoms with Gasteiger partial charge < -0.3 is 5.11 Å². The van der Waals surface area contributed by atoms with E-state index in [1.54, 1.807) is 19.3 Å². The predicted molar refractivity (Wildman–Crippen MR) is 38.8 cm³/mol. The van der Waals surface area contributed by atoms with Gasteiger partial charge in [0.15, 0.2) is 11.9 Å². The summed E-state index contributed by atoms with van der Waals surface area (Å²) in [7, 11) is 1.73. The molecule has 1 heterocycles. The van der Waals surface area contributed by atoms with E-state index < -0.39 is 5.60 Å². The Morgan fingerprint density at radius 3 is 2.82 bits per heavy atom. The summed E-state index contributed by atoms with van der Waals surface area (Å²) >= 11 is 0. The van der Waals surface area contributed by atoms with Gasteiger partial charge >= 0.3 is 0 Å². The highest BCUT2D eigenvalue weighted by atomic mass is 16.3. The van der Waals surface area contributed by atoms with Crippen molar-refractivity contribution in [2.75, 3.05) is 0 Å². The van der Waals surface area contributed by atoms with Crippen molar-refractivity contribution in [3.63, 3.8) is 0 Å². The van der Waals surface area contributed by atoms with Gasteiger partial charge in [-0.25, -0.2) is 0 Å². The molecule has 60 valence electrons. The lowest BCUT2D eigenvalue weighted by atomic mass is 10.1. The van der Waals surface area contributed by atoms with Crippen LogP contribution in [0.3, 0.4) is 0 Å². The zero-order valence-electron chi connectivity index (χ0n) is 6.48. The Kier molecular flexibility index (Phi) is 1.78. The fourth-order valence-corrected chi connectivity index (χ4v) is 0.745. The van der Waals surface area contributed by atoms with E-state index in [2.05, 4.69) is 5.10 Å². The molecule has 0 saturated carbocycles. The maximum Gasteiger partial charge on any atom is 0.160 e. The summed E-state index contributed by atoms with van der Waals surface area (Å²) in [4.78, 5) is 10.3. The molecule has 11 heavy (non-hydrogen) atoms. The number of aliphatic hydroxyl groups is 1. The number of rotatable bonds is 2. The van der Waals surface area contributed by atoms with E-state index in [1.165, 1.54) is 11.6 Å². The normalized spacial score (nSPS) is 15.9. The second-order valence-corrected chi connectivity index (χ2v) is 2.64. The van der Waals surface area contributed by atoms with Crippen molar-refractivity contribution in [1.82, 2.24) is 9.78 Å². The maximum atomic E-state index is 10.3. The van der Waals surface area contributed by atoms with E-state index in [0.29, 0.717) is 12.0 Å². The Morgan fingerprint density at radius 1 is 1.82 bits per heavy atom. The molecule has 1 atom stereocenters. The number of aldehydes is 1. The molecule has 1 N–H and O–H groups in total. The number of hydrogen-bond acceptors (Lipinski definition) is 3. The Hall–Kier alpha value is -1.16. The summed E-state index contributed by atoms with van der Waals surface area (Å²) in [6.07, 6.45) is 2.14. The van der Waals surface area contributed by atoms with Gasteiger partial charge in [-0.1, -0.05) is 0 Å². The van der Waals surface area contributed by atoms with Crippen LogP contribution >= 0.6 is 0 Å². The molecule has 1 rings (SSSR count). The van der Waals surface area contributed by atoms with Crippen molar-refractivity contribution >= 4 is 6.29 Å². The molecule has 0 spiro atoms. The zero-order chi connectivity index (χ0) is 8.48. The van der Waals surface area contributed by atoms with E-state index in [4.69, 9.17) is 0 Å². The van der Waals surface area contributed by atoms with Crippen molar-refractivity contribution in [2.24, 2.45) is 7.05 Å². The Labute approximate surface area is 64.5 Å². The van der Waals surface area contributed by atoms with Crippen LogP contribution in [-0.2, 0) is 17.4 Å². The van der Waals surface area contributed by atoms with Crippen LogP contribution in [0.2, 0.25) is 0 Å². The fourth-order valence-electron chi connectivity index (χ4n) is 0.745. The van der Waals surface area contributed by atoms with Crippen LogP contribution in [0, 0.1) is 0 Å². The van der Waals surface area contributed by atoms with Crippen LogP contribution in [0.5, 0.6) is 0 Å². The summed E-state index contributed by atoms with van der Waals surface area (Å²) in [5.74, 6) is 0. The Balaban J connectivity index is 3.01. The SMILES string of the molecule is Cn1ccc(C(C)(O)C=O)n1. The van der Waals surface area contributed by atoms with Gasteiger partial charge in [0.25, 0.3) is 0 Å². The number of aryl methyl sites for hydroxylation is 1. The number of carbonyl (C=O) groups excluding carboxylic acids is 1. The first-order valence-corrected chi connectivity index (χ1v) is 3.25. The lowest BCUT2D eigenvalue weighted by Gasteiger charge is -2.10. The minimum absolute atomic E-state index is 0.370. The van der Waals surface area contributed by atoms with Gasteiger partial charge in [-0.3, -0.25) is 9.48 Å². The smallest absolute Gasteiger partial charge is 0.160 e. The molecule has 0 aromatic carbocycles. The van der Waals surface area contributed by atoms with Gasteiger partial charge in [-0.2, -0.15) is 5.10 Å². The largest absolute Gasteiger partial charge is 0.376 e. The highest BCUT2D eigenvalue weighted by Gasteiger charge is 2.24. The molecule has 0 bridgehead atoms. The van der Waals surface area contributed by atoms with E-state index in [-0.39, 0.29) is 0 Å². The van der Waals surface area contributed by atoms with Crippen LogP contribution < -0.4 is 0 Å². The fraction of sp³-hybridized carbons (Fsp3) is 0.429. The quantitative estimate of drug-likeness (QED) is 0.601. The molecule has 0 amide bonds. The van der Waals surface area contributed by atoms with Crippen LogP contribution in [0.1, 0.15) is 12.6 Å². The zero-order valence-corrected chi connectivity index (χ0v) is 6.48. The molecule has 1 unspecified atom stereocenters. The van der Waals surface area contributed by atoms with Gasteiger partial charge in [-0.15, -0.1) is 0 Å². The predicted octanol–water partition coefficient (Wildman–Crippen LogP) is -0.174. The first-order valence-electron chi connectivity index (χ1n) is 3.25. The maximum absolute atomic E-state index is 10.3. The molecule has 1 aromatic heterocycles. The van der Waals surface area contributed by atoms with Gasteiger partial charge in [0.05, 0.1) is 0 Å². The third-order valence-electron chi connectivity index (χ3n) is 1.46. The van der Waals surface area contributed by atoms with Crippen molar-refractivity contribution in [3.05, 3.63) is 18.0 Å². The van der Waals surface area contributed by atoms with Gasteiger partial charge in [0.2, 0.25) is 0 Å². The standard InChI is InChI=1S/C7H10N2O2/c1-7(11,5-10)6-3-4-9(2)8-6/h3-5,11H,1-2H3. The summed E-state index contributed by atoms with van der Waals surface area (Å²) in [5, 5.41) is 13.3. The average molecular weight is 154 g/mol. The van der Waals surface area contributed by atoms with E-state index in [9.17, 15) is 9.90 Å². The highest BCUT2D eigenvalue weighted by molar-refractivity contribution is 5.63. The summed E-state index contributed by atoms with van der Waals surface area (Å²) in [6.45, 7) is 1.41. The molecule has 4 nitrogen and oxygen atoms in total. The summed E-state index contributed by atoms with van der Waals surface area (Å²) < 4.78 is 1.54. The first kappa shape index (κ1) is 7.94. The monoisotopic (exact) mass is 154 g/mol. The third kappa shape index (κ3) is 1.46. The molecule has 0 fully saturated rings. The van der Waals surface area contributed by atoms with Crippen molar-refractivity contribution in [2.45, 2.75) is 12.5 Å². The molecule has 0 aliphatic heterocycles. The van der Waals surface area contributed by atoms with E-state index in [1.807, 2.05) is 0 Å². The van der Waals surface area contributed by atoms with Crippen molar-refractivity contribution < 1.29 is 9.90 Å². The number of carbonyl (C=O) groups is 1. The molecule has 1 aromatic rings. The van der Waals surface area contributed by atoms with Crippen LogP contribution in [0.25, 0.3) is 0 Å². The van der Waals surface area contributed by atoms with Crippen LogP contribution in [0.4, 0.5) is 0 Å². The van der Waals surface area contributed by atoms with E-state index >= 15 is 0 Å². The molecular weight excluding hydrogens is 144 g/mol. The van der Waals surface area contributed by atoms with Gasteiger partial charge in [0.1, 0.15) is 5.69 Å². The lowest BCUT2D eigenvalue weighted by Crippen LogP contribution is -2.23. The Bertz CT molecular complexity index is 265. The third-order valence-corrected chi connectivity index (χ3v) is 1.46. The highest BCUT2D eigenvalue weighted by Crippen LogP contribution is 2.14. The number of aromatic nitrogens is 2. The van der Waals surface area contributed by atoms with Crippen LogP contribution in [-0.4, -0.2) is 21.2 Å². The molecule has 4 heteroatoms. The molecule has 0 radical (unpaired) electrons. The second-order valence-electron chi connectivity index (χ2n) is 2.64. The average Bonchev–Trinajstić information content (AvgIpc) is 2.36. The second kappa shape index (κ2) is 2.47. The van der Waals surface area contributed by atoms with Crippen LogP contribution in [0.15, 0.2) is 12.3 Å². The van der Waals surface area contributed by atoms with Gasteiger partial charge in [-0.05, 0) is 13.0 Å². The minimum atomic E-state index is -1.46.